The van der Waals surface area contributed by atoms with Crippen molar-refractivity contribution in [3.05, 3.63) is 95.6 Å². The SMILES string of the molecule is Cc1ccc(-c2cc(C(=O)N3CCC(NS(=O)(=O)c4ccccc4)CC3)c3ccccc3n2)c(C)c1. The molecule has 1 aliphatic heterocycles. The summed E-state index contributed by atoms with van der Waals surface area (Å²) in [5, 5.41) is 0.822. The Kier molecular flexibility index (Phi) is 6.60. The van der Waals surface area contributed by atoms with Crippen LogP contribution in [0.2, 0.25) is 0 Å². The van der Waals surface area contributed by atoms with E-state index < -0.39 is 10.0 Å². The minimum absolute atomic E-state index is 0.0519. The number of rotatable bonds is 5. The highest BCUT2D eigenvalue weighted by Crippen LogP contribution is 2.29. The summed E-state index contributed by atoms with van der Waals surface area (Å²) in [4.78, 5) is 20.6. The number of aryl methyl sites for hydroxylation is 2. The molecule has 0 unspecified atom stereocenters. The van der Waals surface area contributed by atoms with Crippen LogP contribution in [-0.2, 0) is 10.0 Å². The van der Waals surface area contributed by atoms with Gasteiger partial charge < -0.3 is 4.90 Å². The van der Waals surface area contributed by atoms with Gasteiger partial charge in [-0.05, 0) is 56.5 Å². The van der Waals surface area contributed by atoms with E-state index in [0.29, 0.717) is 31.5 Å². The molecule has 184 valence electrons. The maximum absolute atomic E-state index is 13.7. The first kappa shape index (κ1) is 24.2. The van der Waals surface area contributed by atoms with Crippen LogP contribution in [0.3, 0.4) is 0 Å². The summed E-state index contributed by atoms with van der Waals surface area (Å²) in [6.07, 6.45) is 1.12. The van der Waals surface area contributed by atoms with E-state index in [4.69, 9.17) is 4.98 Å². The molecule has 3 aromatic carbocycles. The van der Waals surface area contributed by atoms with Gasteiger partial charge >= 0.3 is 0 Å². The number of carbonyl (C=O) groups excluding carboxylic acids is 1. The third kappa shape index (κ3) is 4.90. The normalized spacial score (nSPS) is 14.8. The standard InChI is InChI=1S/C29H29N3O3S/c1-20-12-13-24(21(2)18-20)28-19-26(25-10-6-7-11-27(25)30-28)29(33)32-16-14-22(15-17-32)31-36(34,35)23-8-4-3-5-9-23/h3-13,18-19,22,31H,14-17H2,1-2H3. The van der Waals surface area contributed by atoms with Gasteiger partial charge in [0.2, 0.25) is 10.0 Å². The molecule has 0 spiro atoms. The first-order valence-electron chi connectivity index (χ1n) is 12.2. The smallest absolute Gasteiger partial charge is 0.254 e. The molecule has 1 aliphatic rings. The van der Waals surface area contributed by atoms with Gasteiger partial charge in [-0.15, -0.1) is 0 Å². The zero-order valence-electron chi connectivity index (χ0n) is 20.4. The van der Waals surface area contributed by atoms with Crippen molar-refractivity contribution >= 4 is 26.8 Å². The number of likely N-dealkylation sites (tertiary alicyclic amines) is 1. The molecule has 1 amide bonds. The summed E-state index contributed by atoms with van der Waals surface area (Å²) in [7, 11) is -3.58. The predicted octanol–water partition coefficient (Wildman–Crippen LogP) is 5.10. The van der Waals surface area contributed by atoms with E-state index in [1.807, 2.05) is 35.2 Å². The molecule has 0 aliphatic carbocycles. The highest BCUT2D eigenvalue weighted by Gasteiger charge is 2.28. The van der Waals surface area contributed by atoms with Gasteiger partial charge in [-0.25, -0.2) is 18.1 Å². The second-order valence-corrected chi connectivity index (χ2v) is 11.1. The Morgan fingerprint density at radius 3 is 2.33 bits per heavy atom. The maximum atomic E-state index is 13.7. The summed E-state index contributed by atoms with van der Waals surface area (Å²) in [6.45, 7) is 5.08. The first-order chi connectivity index (χ1) is 17.3. The van der Waals surface area contributed by atoms with Gasteiger partial charge in [-0.2, -0.15) is 0 Å². The largest absolute Gasteiger partial charge is 0.339 e. The lowest BCUT2D eigenvalue weighted by Gasteiger charge is -2.32. The zero-order valence-corrected chi connectivity index (χ0v) is 21.3. The van der Waals surface area contributed by atoms with Crippen molar-refractivity contribution in [2.75, 3.05) is 13.1 Å². The number of nitrogens with zero attached hydrogens (tertiary/aromatic N) is 2. The van der Waals surface area contributed by atoms with Crippen LogP contribution in [0.4, 0.5) is 0 Å². The molecular formula is C29H29N3O3S. The molecule has 0 radical (unpaired) electrons. The number of para-hydroxylation sites is 1. The van der Waals surface area contributed by atoms with Crippen molar-refractivity contribution < 1.29 is 13.2 Å². The fraction of sp³-hybridized carbons (Fsp3) is 0.241. The Balaban J connectivity index is 1.38. The van der Waals surface area contributed by atoms with Crippen LogP contribution in [0.5, 0.6) is 0 Å². The van der Waals surface area contributed by atoms with Gasteiger partial charge in [-0.3, -0.25) is 4.79 Å². The van der Waals surface area contributed by atoms with Crippen molar-refractivity contribution in [2.45, 2.75) is 37.6 Å². The van der Waals surface area contributed by atoms with Gasteiger partial charge in [0.1, 0.15) is 0 Å². The number of hydrogen-bond donors (Lipinski definition) is 1. The lowest BCUT2D eigenvalue weighted by Crippen LogP contribution is -2.46. The van der Waals surface area contributed by atoms with Crippen LogP contribution in [0, 0.1) is 13.8 Å². The molecule has 1 aromatic heterocycles. The molecule has 4 aromatic rings. The monoisotopic (exact) mass is 499 g/mol. The van der Waals surface area contributed by atoms with Crippen molar-refractivity contribution in [3.63, 3.8) is 0 Å². The van der Waals surface area contributed by atoms with Crippen LogP contribution in [0.1, 0.15) is 34.3 Å². The summed E-state index contributed by atoms with van der Waals surface area (Å²) < 4.78 is 28.2. The van der Waals surface area contributed by atoms with Crippen LogP contribution >= 0.6 is 0 Å². The molecule has 0 bridgehead atoms. The summed E-state index contributed by atoms with van der Waals surface area (Å²) in [5.41, 5.74) is 5.49. The van der Waals surface area contributed by atoms with E-state index in [1.165, 1.54) is 5.56 Å². The van der Waals surface area contributed by atoms with E-state index in [9.17, 15) is 13.2 Å². The molecule has 6 nitrogen and oxygen atoms in total. The van der Waals surface area contributed by atoms with E-state index in [0.717, 1.165) is 27.7 Å². The fourth-order valence-electron chi connectivity index (χ4n) is 4.85. The second kappa shape index (κ2) is 9.84. The van der Waals surface area contributed by atoms with Crippen molar-refractivity contribution in [1.29, 1.82) is 0 Å². The van der Waals surface area contributed by atoms with Gasteiger partial charge in [0.15, 0.2) is 0 Å². The van der Waals surface area contributed by atoms with Gasteiger partial charge in [0, 0.05) is 30.1 Å². The lowest BCUT2D eigenvalue weighted by molar-refractivity contribution is 0.0713. The average Bonchev–Trinajstić information content (AvgIpc) is 2.88. The van der Waals surface area contributed by atoms with E-state index in [2.05, 4.69) is 36.8 Å². The number of nitrogens with one attached hydrogen (secondary N) is 1. The quantitative estimate of drug-likeness (QED) is 0.414. The van der Waals surface area contributed by atoms with Crippen LogP contribution < -0.4 is 4.72 Å². The molecular weight excluding hydrogens is 470 g/mol. The number of pyridine rings is 1. The molecule has 7 heteroatoms. The molecule has 2 heterocycles. The molecule has 1 saturated heterocycles. The molecule has 1 fully saturated rings. The lowest BCUT2D eigenvalue weighted by atomic mass is 9.98. The summed E-state index contributed by atoms with van der Waals surface area (Å²) in [5.74, 6) is -0.0519. The number of aromatic nitrogens is 1. The van der Waals surface area contributed by atoms with Crippen molar-refractivity contribution in [3.8, 4) is 11.3 Å². The van der Waals surface area contributed by atoms with E-state index >= 15 is 0 Å². The van der Waals surface area contributed by atoms with Gasteiger partial charge in [0.05, 0.1) is 21.7 Å². The number of amides is 1. The number of carbonyl (C=O) groups is 1. The minimum atomic E-state index is -3.58. The van der Waals surface area contributed by atoms with E-state index in [1.54, 1.807) is 30.3 Å². The predicted molar refractivity (Wildman–Crippen MR) is 142 cm³/mol. The van der Waals surface area contributed by atoms with Crippen molar-refractivity contribution in [1.82, 2.24) is 14.6 Å². The Labute approximate surface area is 212 Å². The maximum Gasteiger partial charge on any atom is 0.254 e. The second-order valence-electron chi connectivity index (χ2n) is 9.39. The third-order valence-corrected chi connectivity index (χ3v) is 8.30. The van der Waals surface area contributed by atoms with Crippen molar-refractivity contribution in [2.24, 2.45) is 0 Å². The number of hydrogen-bond acceptors (Lipinski definition) is 4. The Morgan fingerprint density at radius 1 is 0.917 bits per heavy atom. The Morgan fingerprint density at radius 2 is 1.61 bits per heavy atom. The number of benzene rings is 3. The average molecular weight is 500 g/mol. The highest BCUT2D eigenvalue weighted by atomic mass is 32.2. The van der Waals surface area contributed by atoms with Crippen LogP contribution in [0.25, 0.3) is 22.2 Å². The Hall–Kier alpha value is -3.55. The van der Waals surface area contributed by atoms with Crippen LogP contribution in [-0.4, -0.2) is 43.3 Å². The summed E-state index contributed by atoms with van der Waals surface area (Å²) >= 11 is 0. The third-order valence-electron chi connectivity index (χ3n) is 6.76. The topological polar surface area (TPSA) is 79.4 Å². The van der Waals surface area contributed by atoms with E-state index in [-0.39, 0.29) is 16.8 Å². The summed E-state index contributed by atoms with van der Waals surface area (Å²) in [6, 6.07) is 24.0. The van der Waals surface area contributed by atoms with Crippen LogP contribution in [0.15, 0.2) is 83.8 Å². The number of fused-ring (bicyclic) bond motifs is 1. The molecule has 0 atom stereocenters. The minimum Gasteiger partial charge on any atom is -0.339 e. The molecule has 1 N–H and O–H groups in total. The molecule has 36 heavy (non-hydrogen) atoms. The molecule has 0 saturated carbocycles. The first-order valence-corrected chi connectivity index (χ1v) is 13.6. The number of sulfonamides is 1. The van der Waals surface area contributed by atoms with Gasteiger partial charge in [0.25, 0.3) is 5.91 Å². The number of piperidine rings is 1. The Bertz CT molecular complexity index is 1530. The molecule has 5 rings (SSSR count). The highest BCUT2D eigenvalue weighted by molar-refractivity contribution is 7.89. The fourth-order valence-corrected chi connectivity index (χ4v) is 6.18. The van der Waals surface area contributed by atoms with Gasteiger partial charge in [-0.1, -0.05) is 60.2 Å². The zero-order chi connectivity index (χ0) is 25.3.